The molecule has 0 bridgehead atoms. The molecule has 2 aromatic heterocycles. The van der Waals surface area contributed by atoms with Gasteiger partial charge in [-0.15, -0.1) is 0 Å². The van der Waals surface area contributed by atoms with Crippen LogP contribution in [0.2, 0.25) is 0 Å². The Hall–Kier alpha value is -4.58. The molecule has 1 aliphatic rings. The molecule has 2 aromatic carbocycles. The van der Waals surface area contributed by atoms with E-state index in [-0.39, 0.29) is 23.5 Å². The molecule has 4 aromatic rings. The number of nitrogens with zero attached hydrogens (tertiary/aromatic N) is 5. The number of aromatic nitrogens is 4. The van der Waals surface area contributed by atoms with Crippen molar-refractivity contribution in [1.82, 2.24) is 24.0 Å². The Morgan fingerprint density at radius 3 is 2.66 bits per heavy atom. The standard InChI is InChI=1S/C26H24N6O3/c1-2-6-22(33)30-14-13-20(15-30)32-25-23(24(27)28-17-29-25)31(26(32)34)19-9-11-21(12-10-19)35-16-18-7-4-3-5-8-18/h3-5,7-12,17,20H,13-16H2,1H3,(H2,27,28,29)/t20-/m1/s1. The van der Waals surface area contributed by atoms with Crippen LogP contribution in [0, 0.1) is 11.8 Å². The zero-order chi connectivity index (χ0) is 24.4. The van der Waals surface area contributed by atoms with Gasteiger partial charge < -0.3 is 15.4 Å². The molecular formula is C26H24N6O3. The van der Waals surface area contributed by atoms with Gasteiger partial charge in [0.25, 0.3) is 5.91 Å². The summed E-state index contributed by atoms with van der Waals surface area (Å²) in [6.07, 6.45) is 1.96. The number of carbonyl (C=O) groups is 1. The second-order valence-electron chi connectivity index (χ2n) is 8.26. The highest BCUT2D eigenvalue weighted by atomic mass is 16.5. The lowest BCUT2D eigenvalue weighted by Gasteiger charge is -2.14. The number of nitrogen functional groups attached to an aromatic ring is 1. The van der Waals surface area contributed by atoms with Crippen LogP contribution < -0.4 is 16.2 Å². The highest BCUT2D eigenvalue weighted by Crippen LogP contribution is 2.28. The minimum absolute atomic E-state index is 0.207. The van der Waals surface area contributed by atoms with Gasteiger partial charge in [0.15, 0.2) is 11.5 Å². The summed E-state index contributed by atoms with van der Waals surface area (Å²) in [6.45, 7) is 2.97. The van der Waals surface area contributed by atoms with Gasteiger partial charge in [-0.1, -0.05) is 36.3 Å². The van der Waals surface area contributed by atoms with Crippen molar-refractivity contribution in [3.63, 3.8) is 0 Å². The minimum atomic E-state index is -0.286. The van der Waals surface area contributed by atoms with E-state index < -0.39 is 0 Å². The van der Waals surface area contributed by atoms with Crippen molar-refractivity contribution in [3.05, 3.63) is 77.0 Å². The SMILES string of the molecule is CC#CC(=O)N1CC[C@@H](n2c(=O)n(-c3ccc(OCc4ccccc4)cc3)c3c(N)ncnc32)C1. The van der Waals surface area contributed by atoms with Crippen LogP contribution in [0.5, 0.6) is 5.75 Å². The first-order chi connectivity index (χ1) is 17.1. The molecule has 2 N–H and O–H groups in total. The zero-order valence-corrected chi connectivity index (χ0v) is 19.2. The Kier molecular flexibility index (Phi) is 5.94. The van der Waals surface area contributed by atoms with Gasteiger partial charge >= 0.3 is 5.69 Å². The number of likely N-dealkylation sites (tertiary alicyclic amines) is 1. The van der Waals surface area contributed by atoms with E-state index in [1.54, 1.807) is 28.5 Å². The second-order valence-corrected chi connectivity index (χ2v) is 8.26. The van der Waals surface area contributed by atoms with E-state index >= 15 is 0 Å². The lowest BCUT2D eigenvalue weighted by molar-refractivity contribution is -0.124. The van der Waals surface area contributed by atoms with E-state index in [0.717, 1.165) is 5.56 Å². The molecule has 0 radical (unpaired) electrons. The third-order valence-corrected chi connectivity index (χ3v) is 6.07. The molecule has 35 heavy (non-hydrogen) atoms. The van der Waals surface area contributed by atoms with E-state index in [2.05, 4.69) is 21.8 Å². The molecular weight excluding hydrogens is 444 g/mol. The molecule has 0 aliphatic carbocycles. The molecule has 9 nitrogen and oxygen atoms in total. The second kappa shape index (κ2) is 9.35. The van der Waals surface area contributed by atoms with Crippen LogP contribution in [-0.2, 0) is 11.4 Å². The summed E-state index contributed by atoms with van der Waals surface area (Å²) >= 11 is 0. The number of nitrogens with two attached hydrogens (primary N) is 1. The maximum absolute atomic E-state index is 13.7. The Morgan fingerprint density at radius 1 is 1.14 bits per heavy atom. The van der Waals surface area contributed by atoms with Crippen LogP contribution in [0.15, 0.2) is 65.7 Å². The van der Waals surface area contributed by atoms with Crippen LogP contribution in [-0.4, -0.2) is 43.0 Å². The first-order valence-electron chi connectivity index (χ1n) is 11.3. The molecule has 0 spiro atoms. The van der Waals surface area contributed by atoms with Gasteiger partial charge in [-0.05, 0) is 49.1 Å². The number of amides is 1. The van der Waals surface area contributed by atoms with Crippen molar-refractivity contribution in [3.8, 4) is 23.3 Å². The van der Waals surface area contributed by atoms with Crippen LogP contribution >= 0.6 is 0 Å². The predicted octanol–water partition coefficient (Wildman–Crippen LogP) is 2.54. The fraction of sp³-hybridized carbons (Fsp3) is 0.231. The lowest BCUT2D eigenvalue weighted by atomic mass is 10.2. The lowest BCUT2D eigenvalue weighted by Crippen LogP contribution is -2.31. The number of hydrogen-bond donors (Lipinski definition) is 1. The normalized spacial score (nSPS) is 15.1. The van der Waals surface area contributed by atoms with E-state index in [1.165, 1.54) is 10.9 Å². The summed E-state index contributed by atoms with van der Waals surface area (Å²) in [5, 5.41) is 0. The van der Waals surface area contributed by atoms with Gasteiger partial charge in [-0.2, -0.15) is 0 Å². The quantitative estimate of drug-likeness (QED) is 0.451. The van der Waals surface area contributed by atoms with Gasteiger partial charge in [-0.3, -0.25) is 13.9 Å². The van der Waals surface area contributed by atoms with Crippen LogP contribution in [0.1, 0.15) is 24.9 Å². The summed E-state index contributed by atoms with van der Waals surface area (Å²) in [6, 6.07) is 16.9. The van der Waals surface area contributed by atoms with Crippen molar-refractivity contribution in [2.75, 3.05) is 18.8 Å². The summed E-state index contributed by atoms with van der Waals surface area (Å²) in [5.41, 5.74) is 8.48. The number of fused-ring (bicyclic) bond motifs is 1. The number of benzene rings is 2. The average molecular weight is 469 g/mol. The summed E-state index contributed by atoms with van der Waals surface area (Å²) < 4.78 is 9.00. The maximum Gasteiger partial charge on any atom is 0.335 e. The van der Waals surface area contributed by atoms with Crippen LogP contribution in [0.3, 0.4) is 0 Å². The molecule has 0 saturated carbocycles. The molecule has 1 atom stereocenters. The first kappa shape index (κ1) is 22.2. The van der Waals surface area contributed by atoms with E-state index in [1.807, 2.05) is 42.5 Å². The van der Waals surface area contributed by atoms with Gasteiger partial charge in [0.1, 0.15) is 24.2 Å². The van der Waals surface area contributed by atoms with Crippen molar-refractivity contribution < 1.29 is 9.53 Å². The highest BCUT2D eigenvalue weighted by Gasteiger charge is 2.31. The summed E-state index contributed by atoms with van der Waals surface area (Å²) in [4.78, 5) is 36.0. The molecule has 1 saturated heterocycles. The van der Waals surface area contributed by atoms with Crippen molar-refractivity contribution in [2.45, 2.75) is 26.0 Å². The number of rotatable bonds is 5. The van der Waals surface area contributed by atoms with Crippen LogP contribution in [0.4, 0.5) is 5.82 Å². The number of carbonyl (C=O) groups excluding carboxylic acids is 1. The Balaban J connectivity index is 1.48. The van der Waals surface area contributed by atoms with Crippen molar-refractivity contribution in [1.29, 1.82) is 0 Å². The molecule has 3 heterocycles. The van der Waals surface area contributed by atoms with Gasteiger partial charge in [0.05, 0.1) is 11.7 Å². The van der Waals surface area contributed by atoms with Crippen molar-refractivity contribution in [2.24, 2.45) is 0 Å². The Morgan fingerprint density at radius 2 is 1.91 bits per heavy atom. The predicted molar refractivity (Wildman–Crippen MR) is 132 cm³/mol. The fourth-order valence-corrected chi connectivity index (χ4v) is 4.39. The van der Waals surface area contributed by atoms with Gasteiger partial charge in [0, 0.05) is 13.1 Å². The highest BCUT2D eigenvalue weighted by molar-refractivity contribution is 5.93. The van der Waals surface area contributed by atoms with Gasteiger partial charge in [-0.25, -0.2) is 14.8 Å². The van der Waals surface area contributed by atoms with Crippen molar-refractivity contribution >= 4 is 22.9 Å². The number of hydrogen-bond acceptors (Lipinski definition) is 6. The minimum Gasteiger partial charge on any atom is -0.489 e. The number of imidazole rings is 1. The van der Waals surface area contributed by atoms with Gasteiger partial charge in [0.2, 0.25) is 0 Å². The topological polar surface area (TPSA) is 108 Å². The third-order valence-electron chi connectivity index (χ3n) is 6.07. The maximum atomic E-state index is 13.7. The Labute approximate surface area is 201 Å². The summed E-state index contributed by atoms with van der Waals surface area (Å²) in [5.74, 6) is 5.84. The molecule has 9 heteroatoms. The monoisotopic (exact) mass is 468 g/mol. The fourth-order valence-electron chi connectivity index (χ4n) is 4.39. The zero-order valence-electron chi connectivity index (χ0n) is 19.2. The van der Waals surface area contributed by atoms with E-state index in [0.29, 0.717) is 48.7 Å². The number of ether oxygens (including phenoxy) is 1. The third kappa shape index (κ3) is 4.22. The molecule has 176 valence electrons. The van der Waals surface area contributed by atoms with E-state index in [4.69, 9.17) is 10.5 Å². The molecule has 1 fully saturated rings. The average Bonchev–Trinajstić information content (AvgIpc) is 3.47. The molecule has 0 unspecified atom stereocenters. The Bertz CT molecular complexity index is 1500. The molecule has 5 rings (SSSR count). The largest absolute Gasteiger partial charge is 0.489 e. The number of anilines is 1. The van der Waals surface area contributed by atoms with Crippen LogP contribution in [0.25, 0.3) is 16.9 Å². The molecule has 1 amide bonds. The smallest absolute Gasteiger partial charge is 0.335 e. The molecule has 1 aliphatic heterocycles. The first-order valence-corrected chi connectivity index (χ1v) is 11.3. The summed E-state index contributed by atoms with van der Waals surface area (Å²) in [7, 11) is 0. The van der Waals surface area contributed by atoms with E-state index in [9.17, 15) is 9.59 Å².